The second kappa shape index (κ2) is 8.93. The molecule has 0 atom stereocenters. The Morgan fingerprint density at radius 2 is 1.64 bits per heavy atom. The third-order valence-corrected chi connectivity index (χ3v) is 5.29. The molecule has 0 fully saturated rings. The summed E-state index contributed by atoms with van der Waals surface area (Å²) in [5.41, 5.74) is 1.08. The Morgan fingerprint density at radius 1 is 0.964 bits per heavy atom. The van der Waals surface area contributed by atoms with Crippen LogP contribution >= 0.6 is 11.8 Å². The van der Waals surface area contributed by atoms with Gasteiger partial charge < -0.3 is 23.7 Å². The number of ether oxygens (including phenoxy) is 5. The fourth-order valence-corrected chi connectivity index (χ4v) is 3.71. The first kappa shape index (κ1) is 19.9. The molecule has 0 aromatic heterocycles. The Morgan fingerprint density at radius 3 is 2.25 bits per heavy atom. The lowest BCUT2D eigenvalue weighted by Gasteiger charge is -2.19. The van der Waals surface area contributed by atoms with E-state index >= 15 is 0 Å². The van der Waals surface area contributed by atoms with Crippen LogP contribution in [0.3, 0.4) is 0 Å². The van der Waals surface area contributed by atoms with Crippen molar-refractivity contribution in [2.45, 2.75) is 4.90 Å². The van der Waals surface area contributed by atoms with Crippen molar-refractivity contribution in [2.24, 2.45) is 0 Å². The van der Waals surface area contributed by atoms with Gasteiger partial charge in [-0.3, -0.25) is 4.79 Å². The molecule has 148 valence electrons. The maximum Gasteiger partial charge on any atom is 0.189 e. The van der Waals surface area contributed by atoms with E-state index in [4.69, 9.17) is 23.7 Å². The van der Waals surface area contributed by atoms with Crippen LogP contribution in [0.15, 0.2) is 35.2 Å². The Labute approximate surface area is 168 Å². The van der Waals surface area contributed by atoms with E-state index in [1.165, 1.54) is 6.08 Å². The fraction of sp³-hybridized carbons (Fsp3) is 0.286. The molecule has 0 radical (unpaired) electrons. The molecule has 1 heterocycles. The summed E-state index contributed by atoms with van der Waals surface area (Å²) in [6.45, 7) is 0.619. The van der Waals surface area contributed by atoms with Crippen LogP contribution in [0.4, 0.5) is 0 Å². The number of allylic oxidation sites excluding steroid dienone is 1. The molecule has 3 rings (SSSR count). The number of hydrogen-bond donors (Lipinski definition) is 0. The minimum atomic E-state index is -0.209. The van der Waals surface area contributed by atoms with Crippen molar-refractivity contribution in [3.63, 3.8) is 0 Å². The van der Waals surface area contributed by atoms with Gasteiger partial charge in [0.15, 0.2) is 5.78 Å². The van der Waals surface area contributed by atoms with E-state index in [-0.39, 0.29) is 5.78 Å². The molecule has 1 aliphatic rings. The van der Waals surface area contributed by atoms with Gasteiger partial charge in [-0.1, -0.05) is 0 Å². The van der Waals surface area contributed by atoms with E-state index in [1.807, 2.05) is 6.07 Å². The van der Waals surface area contributed by atoms with Gasteiger partial charge in [-0.2, -0.15) is 0 Å². The summed E-state index contributed by atoms with van der Waals surface area (Å²) < 4.78 is 27.2. The SMILES string of the molecule is COc1cc(OC)c(/C=C/C(=O)c2cc3c(cc2OC)SCCO3)c(OC)c1. The molecule has 0 saturated heterocycles. The molecular formula is C21H22O6S. The third kappa shape index (κ3) is 4.04. The molecular weight excluding hydrogens is 380 g/mol. The molecule has 2 aromatic rings. The zero-order valence-electron chi connectivity index (χ0n) is 16.2. The van der Waals surface area contributed by atoms with Crippen LogP contribution in [0.5, 0.6) is 28.7 Å². The molecule has 0 amide bonds. The maximum atomic E-state index is 12.9. The Hall–Kier alpha value is -2.80. The summed E-state index contributed by atoms with van der Waals surface area (Å²) in [5.74, 6) is 3.56. The van der Waals surface area contributed by atoms with Crippen LogP contribution in [0.25, 0.3) is 6.08 Å². The van der Waals surface area contributed by atoms with Gasteiger partial charge in [0.05, 0.1) is 51.1 Å². The van der Waals surface area contributed by atoms with Crippen LogP contribution in [0.2, 0.25) is 0 Å². The molecule has 2 aromatic carbocycles. The highest BCUT2D eigenvalue weighted by Gasteiger charge is 2.19. The highest BCUT2D eigenvalue weighted by molar-refractivity contribution is 7.99. The smallest absolute Gasteiger partial charge is 0.189 e. The second-order valence-electron chi connectivity index (χ2n) is 5.84. The summed E-state index contributed by atoms with van der Waals surface area (Å²) in [5, 5.41) is 0. The van der Waals surface area contributed by atoms with Crippen LogP contribution in [-0.2, 0) is 0 Å². The zero-order chi connectivity index (χ0) is 20.1. The normalized spacial score (nSPS) is 12.9. The van der Waals surface area contributed by atoms with Crippen molar-refractivity contribution in [1.82, 2.24) is 0 Å². The van der Waals surface area contributed by atoms with Crippen LogP contribution < -0.4 is 23.7 Å². The predicted octanol–water partition coefficient (Wildman–Crippen LogP) is 4.10. The quantitative estimate of drug-likeness (QED) is 0.510. The number of thioether (sulfide) groups is 1. The van der Waals surface area contributed by atoms with E-state index in [1.54, 1.807) is 64.5 Å². The first-order valence-corrected chi connectivity index (χ1v) is 9.59. The number of carbonyl (C=O) groups excluding carboxylic acids is 1. The minimum absolute atomic E-state index is 0.209. The number of benzene rings is 2. The van der Waals surface area contributed by atoms with Crippen molar-refractivity contribution >= 4 is 23.6 Å². The molecule has 7 heteroatoms. The van der Waals surface area contributed by atoms with Crippen molar-refractivity contribution in [3.05, 3.63) is 41.5 Å². The van der Waals surface area contributed by atoms with E-state index in [0.717, 1.165) is 10.6 Å². The molecule has 0 saturated carbocycles. The van der Waals surface area contributed by atoms with Gasteiger partial charge in [-0.25, -0.2) is 0 Å². The Bertz CT molecular complexity index is 881. The van der Waals surface area contributed by atoms with E-state index < -0.39 is 0 Å². The van der Waals surface area contributed by atoms with Crippen LogP contribution in [-0.4, -0.2) is 46.6 Å². The Kier molecular flexibility index (Phi) is 6.36. The lowest BCUT2D eigenvalue weighted by Crippen LogP contribution is -2.09. The van der Waals surface area contributed by atoms with Crippen molar-refractivity contribution in [3.8, 4) is 28.7 Å². The minimum Gasteiger partial charge on any atom is -0.496 e. The topological polar surface area (TPSA) is 63.2 Å². The molecule has 1 aliphatic heterocycles. The summed E-state index contributed by atoms with van der Waals surface area (Å²) >= 11 is 1.68. The molecule has 28 heavy (non-hydrogen) atoms. The van der Waals surface area contributed by atoms with Crippen molar-refractivity contribution < 1.29 is 28.5 Å². The number of rotatable bonds is 7. The van der Waals surface area contributed by atoms with E-state index in [9.17, 15) is 4.79 Å². The summed E-state index contributed by atoms with van der Waals surface area (Å²) in [7, 11) is 6.21. The summed E-state index contributed by atoms with van der Waals surface area (Å²) in [6.07, 6.45) is 3.13. The second-order valence-corrected chi connectivity index (χ2v) is 6.98. The molecule has 0 spiro atoms. The van der Waals surface area contributed by atoms with Crippen molar-refractivity contribution in [2.75, 3.05) is 40.8 Å². The molecule has 6 nitrogen and oxygen atoms in total. The summed E-state index contributed by atoms with van der Waals surface area (Å²) in [6, 6.07) is 7.04. The van der Waals surface area contributed by atoms with Gasteiger partial charge in [-0.05, 0) is 24.3 Å². The number of fused-ring (bicyclic) bond motifs is 1. The number of methoxy groups -OCH3 is 4. The molecule has 0 aliphatic carbocycles. The number of ketones is 1. The lowest BCUT2D eigenvalue weighted by molar-refractivity contribution is 0.104. The molecule has 0 unspecified atom stereocenters. The summed E-state index contributed by atoms with van der Waals surface area (Å²) in [4.78, 5) is 13.8. The fourth-order valence-electron chi connectivity index (χ4n) is 2.88. The monoisotopic (exact) mass is 402 g/mol. The van der Waals surface area contributed by atoms with Gasteiger partial charge in [0.1, 0.15) is 28.7 Å². The average molecular weight is 402 g/mol. The first-order chi connectivity index (χ1) is 13.6. The van der Waals surface area contributed by atoms with Crippen LogP contribution in [0.1, 0.15) is 15.9 Å². The van der Waals surface area contributed by atoms with Gasteiger partial charge in [0, 0.05) is 17.9 Å². The van der Waals surface area contributed by atoms with Gasteiger partial charge in [0.2, 0.25) is 0 Å². The largest absolute Gasteiger partial charge is 0.496 e. The van der Waals surface area contributed by atoms with Gasteiger partial charge >= 0.3 is 0 Å². The average Bonchev–Trinajstić information content (AvgIpc) is 2.75. The van der Waals surface area contributed by atoms with Crippen molar-refractivity contribution in [1.29, 1.82) is 0 Å². The highest BCUT2D eigenvalue weighted by atomic mass is 32.2. The van der Waals surface area contributed by atoms with Crippen LogP contribution in [0, 0.1) is 0 Å². The molecule has 0 N–H and O–H groups in total. The first-order valence-electron chi connectivity index (χ1n) is 8.61. The standard InChI is InChI=1S/C21H22O6S/c1-23-13-9-17(24-2)14(18(10-13)25-3)5-6-16(22)15-11-20-21(12-19(15)26-4)28-8-7-27-20/h5-6,9-12H,7-8H2,1-4H3/b6-5+. The van der Waals surface area contributed by atoms with E-state index in [0.29, 0.717) is 46.5 Å². The van der Waals surface area contributed by atoms with Gasteiger partial charge in [-0.15, -0.1) is 11.8 Å². The Balaban J connectivity index is 1.96. The number of carbonyl (C=O) groups is 1. The maximum absolute atomic E-state index is 12.9. The highest BCUT2D eigenvalue weighted by Crippen LogP contribution is 2.39. The molecule has 0 bridgehead atoms. The third-order valence-electron chi connectivity index (χ3n) is 4.28. The van der Waals surface area contributed by atoms with Gasteiger partial charge in [0.25, 0.3) is 0 Å². The number of hydrogen-bond acceptors (Lipinski definition) is 7. The van der Waals surface area contributed by atoms with E-state index in [2.05, 4.69) is 0 Å². The zero-order valence-corrected chi connectivity index (χ0v) is 17.1. The predicted molar refractivity (Wildman–Crippen MR) is 109 cm³/mol. The lowest BCUT2D eigenvalue weighted by atomic mass is 10.1.